The molecular weight excluding hydrogens is 436 g/mol. The van der Waals surface area contributed by atoms with Crippen molar-refractivity contribution in [2.45, 2.75) is 129 Å². The summed E-state index contributed by atoms with van der Waals surface area (Å²) in [5, 5.41) is 0. The number of hydrogen-bond acceptors (Lipinski definition) is 2. The van der Waals surface area contributed by atoms with Gasteiger partial charge in [-0.1, -0.05) is 114 Å². The fourth-order valence-electron chi connectivity index (χ4n) is 5.63. The monoisotopic (exact) mass is 488 g/mol. The molecule has 2 heteroatoms. The fourth-order valence-corrected chi connectivity index (χ4v) is 5.63. The molecule has 0 aliphatic heterocycles. The highest BCUT2D eigenvalue weighted by atomic mass is 14.9. The number of rotatable bonds is 17. The first-order valence-electron chi connectivity index (χ1n) is 15.3. The Labute approximate surface area is 222 Å². The van der Waals surface area contributed by atoms with Gasteiger partial charge in [0, 0.05) is 18.0 Å². The summed E-state index contributed by atoms with van der Waals surface area (Å²) in [6.07, 6.45) is 33.1. The molecule has 0 spiro atoms. The average Bonchev–Trinajstić information content (AvgIpc) is 2.92. The van der Waals surface area contributed by atoms with Gasteiger partial charge in [0.05, 0.1) is 0 Å². The highest BCUT2D eigenvalue weighted by Gasteiger charge is 2.18. The van der Waals surface area contributed by atoms with Crippen LogP contribution < -0.4 is 0 Å². The Morgan fingerprint density at radius 2 is 1.33 bits per heavy atom. The number of unbranched alkanes of at least 4 members (excludes halogenated alkanes) is 8. The zero-order valence-corrected chi connectivity index (χ0v) is 23.4. The zero-order chi connectivity index (χ0) is 25.3. The topological polar surface area (TPSA) is 25.8 Å². The first-order chi connectivity index (χ1) is 17.8. The normalized spacial score (nSPS) is 18.2. The van der Waals surface area contributed by atoms with Crippen LogP contribution >= 0.6 is 0 Å². The van der Waals surface area contributed by atoms with Crippen molar-refractivity contribution in [3.8, 4) is 11.4 Å². The maximum Gasteiger partial charge on any atom is 0.159 e. The Hall–Kier alpha value is -1.96. The van der Waals surface area contributed by atoms with E-state index in [1.165, 1.54) is 107 Å². The highest BCUT2D eigenvalue weighted by Crippen LogP contribution is 2.32. The summed E-state index contributed by atoms with van der Waals surface area (Å²) in [5.74, 6) is 2.67. The number of benzene rings is 1. The van der Waals surface area contributed by atoms with E-state index in [9.17, 15) is 0 Å². The van der Waals surface area contributed by atoms with Gasteiger partial charge in [0.1, 0.15) is 0 Å². The van der Waals surface area contributed by atoms with E-state index in [0.717, 1.165) is 42.5 Å². The summed E-state index contributed by atoms with van der Waals surface area (Å²) in [7, 11) is 0. The Morgan fingerprint density at radius 1 is 0.694 bits per heavy atom. The Morgan fingerprint density at radius 3 is 2.03 bits per heavy atom. The third-order valence-corrected chi connectivity index (χ3v) is 8.10. The van der Waals surface area contributed by atoms with Gasteiger partial charge in [0.25, 0.3) is 0 Å². The summed E-state index contributed by atoms with van der Waals surface area (Å²) in [6.45, 7) is 4.58. The second-order valence-corrected chi connectivity index (χ2v) is 11.2. The average molecular weight is 489 g/mol. The third-order valence-electron chi connectivity index (χ3n) is 8.10. The van der Waals surface area contributed by atoms with Crippen molar-refractivity contribution in [3.05, 3.63) is 59.9 Å². The van der Waals surface area contributed by atoms with E-state index < -0.39 is 0 Å². The largest absolute Gasteiger partial charge is 0.236 e. The smallest absolute Gasteiger partial charge is 0.159 e. The van der Waals surface area contributed by atoms with E-state index in [0.29, 0.717) is 0 Å². The van der Waals surface area contributed by atoms with Crippen LogP contribution in [0.1, 0.15) is 128 Å². The lowest BCUT2D eigenvalue weighted by molar-refractivity contribution is 0.289. The van der Waals surface area contributed by atoms with Crippen LogP contribution in [0.25, 0.3) is 11.4 Å². The quantitative estimate of drug-likeness (QED) is 0.163. The lowest BCUT2D eigenvalue weighted by Gasteiger charge is -2.26. The molecule has 1 saturated carbocycles. The second kappa shape index (κ2) is 17.5. The molecule has 0 radical (unpaired) electrons. The maximum atomic E-state index is 4.65. The molecule has 0 saturated heterocycles. The zero-order valence-electron chi connectivity index (χ0n) is 23.4. The molecule has 198 valence electrons. The van der Waals surface area contributed by atoms with Crippen molar-refractivity contribution < 1.29 is 0 Å². The van der Waals surface area contributed by atoms with Gasteiger partial charge in [-0.2, -0.15) is 0 Å². The molecule has 1 heterocycles. The molecule has 0 N–H and O–H groups in total. The number of nitrogens with zero attached hydrogens (tertiary/aromatic N) is 2. The van der Waals surface area contributed by atoms with Crippen LogP contribution in [0.3, 0.4) is 0 Å². The fraction of sp³-hybridized carbons (Fsp3) is 0.647. The van der Waals surface area contributed by atoms with E-state index in [2.05, 4.69) is 60.2 Å². The minimum Gasteiger partial charge on any atom is -0.236 e. The lowest BCUT2D eigenvalue weighted by Crippen LogP contribution is -2.13. The van der Waals surface area contributed by atoms with E-state index in [1.54, 1.807) is 0 Å². The van der Waals surface area contributed by atoms with Crippen LogP contribution in [-0.2, 0) is 12.8 Å². The van der Waals surface area contributed by atoms with Gasteiger partial charge in [0.2, 0.25) is 0 Å². The van der Waals surface area contributed by atoms with E-state index in [4.69, 9.17) is 0 Å². The molecule has 1 aromatic heterocycles. The van der Waals surface area contributed by atoms with Gasteiger partial charge in [-0.05, 0) is 74.3 Å². The summed E-state index contributed by atoms with van der Waals surface area (Å²) in [5.41, 5.74) is 3.78. The van der Waals surface area contributed by atoms with Crippen LogP contribution in [0.15, 0.2) is 48.8 Å². The number of aryl methyl sites for hydroxylation is 2. The van der Waals surface area contributed by atoms with Gasteiger partial charge < -0.3 is 0 Å². The summed E-state index contributed by atoms with van der Waals surface area (Å²) < 4.78 is 0. The number of aromatic nitrogens is 2. The second-order valence-electron chi connectivity index (χ2n) is 11.2. The standard InChI is InChI=1S/C34H52N2/c1-3-5-7-8-9-10-12-18-32-27-35-34(36-28-32)33-25-23-31(24-26-33)17-14-13-16-30-21-19-29(20-22-30)15-11-6-4-2/h13,16,23-30H,3-12,14-15,17-22H2,1-2H3/b16-13+. The predicted molar refractivity (Wildman–Crippen MR) is 156 cm³/mol. The van der Waals surface area contributed by atoms with Crippen LogP contribution in [-0.4, -0.2) is 9.97 Å². The van der Waals surface area contributed by atoms with Gasteiger partial charge >= 0.3 is 0 Å². The third kappa shape index (κ3) is 11.0. The van der Waals surface area contributed by atoms with Crippen LogP contribution in [0.4, 0.5) is 0 Å². The summed E-state index contributed by atoms with van der Waals surface area (Å²) >= 11 is 0. The highest BCUT2D eigenvalue weighted by molar-refractivity contribution is 5.55. The molecule has 0 amide bonds. The summed E-state index contributed by atoms with van der Waals surface area (Å²) in [4.78, 5) is 9.30. The first kappa shape index (κ1) is 28.6. The van der Waals surface area contributed by atoms with Gasteiger partial charge in [-0.15, -0.1) is 0 Å². The predicted octanol–water partition coefficient (Wildman–Crippen LogP) is 10.3. The van der Waals surface area contributed by atoms with Crippen LogP contribution in [0, 0.1) is 11.8 Å². The lowest BCUT2D eigenvalue weighted by atomic mass is 9.79. The maximum absolute atomic E-state index is 4.65. The molecule has 1 aliphatic rings. The first-order valence-corrected chi connectivity index (χ1v) is 15.3. The molecule has 3 rings (SSSR count). The molecule has 1 aliphatic carbocycles. The molecular formula is C34H52N2. The summed E-state index contributed by atoms with van der Waals surface area (Å²) in [6, 6.07) is 8.87. The SMILES string of the molecule is CCCCCCCCCc1cnc(-c2ccc(CC/C=C/C3CCC(CCCCC)CC3)cc2)nc1. The van der Waals surface area contributed by atoms with Gasteiger partial charge in [-0.3, -0.25) is 0 Å². The number of allylic oxidation sites excluding steroid dienone is 2. The molecule has 1 fully saturated rings. The molecule has 36 heavy (non-hydrogen) atoms. The Balaban J connectivity index is 1.32. The number of hydrogen-bond donors (Lipinski definition) is 0. The van der Waals surface area contributed by atoms with Crippen molar-refractivity contribution in [1.82, 2.24) is 9.97 Å². The van der Waals surface area contributed by atoms with Crippen molar-refractivity contribution in [3.63, 3.8) is 0 Å². The van der Waals surface area contributed by atoms with Gasteiger partial charge in [-0.25, -0.2) is 9.97 Å². The molecule has 1 aromatic carbocycles. The van der Waals surface area contributed by atoms with Crippen molar-refractivity contribution in [1.29, 1.82) is 0 Å². The molecule has 2 nitrogen and oxygen atoms in total. The molecule has 0 atom stereocenters. The minimum absolute atomic E-state index is 0.820. The van der Waals surface area contributed by atoms with E-state index in [-0.39, 0.29) is 0 Å². The van der Waals surface area contributed by atoms with Crippen molar-refractivity contribution in [2.75, 3.05) is 0 Å². The Kier molecular flexibility index (Phi) is 13.9. The van der Waals surface area contributed by atoms with E-state index in [1.807, 2.05) is 12.4 Å². The van der Waals surface area contributed by atoms with Crippen LogP contribution in [0.5, 0.6) is 0 Å². The Bertz CT molecular complexity index is 828. The van der Waals surface area contributed by atoms with Crippen LogP contribution in [0.2, 0.25) is 0 Å². The van der Waals surface area contributed by atoms with Crippen molar-refractivity contribution in [2.24, 2.45) is 11.8 Å². The van der Waals surface area contributed by atoms with Gasteiger partial charge in [0.15, 0.2) is 5.82 Å². The van der Waals surface area contributed by atoms with Crippen molar-refractivity contribution >= 4 is 0 Å². The molecule has 0 unspecified atom stereocenters. The molecule has 2 aromatic rings. The molecule has 0 bridgehead atoms. The minimum atomic E-state index is 0.820. The van der Waals surface area contributed by atoms with E-state index >= 15 is 0 Å².